The van der Waals surface area contributed by atoms with Crippen molar-refractivity contribution >= 4 is 11.9 Å². The van der Waals surface area contributed by atoms with E-state index in [1.165, 1.54) is 0 Å². The molecule has 38 heavy (non-hydrogen) atoms. The Morgan fingerprint density at radius 1 is 0.474 bits per heavy atom. The number of hydrogen-bond donors (Lipinski definition) is 2. The van der Waals surface area contributed by atoms with Gasteiger partial charge in [-0.2, -0.15) is 87.8 Å². The summed E-state index contributed by atoms with van der Waals surface area (Å²) in [6, 6.07) is 0. The SMILES string of the molecule is O=C(O)CNC(=O)C(F)(F)C(F)(F)C(F)(F)C(F)(F)C(F)(F)C(F)(F)C(F)(F)C(F)(C(F)(F)F)C(F)(F)F. The molecule has 0 fully saturated rings. The molecule has 2 N–H and O–H groups in total. The number of halogens is 21. The Balaban J connectivity index is 7.16. The van der Waals surface area contributed by atoms with Gasteiger partial charge in [0.1, 0.15) is 6.54 Å². The van der Waals surface area contributed by atoms with Crippen LogP contribution < -0.4 is 5.32 Å². The molecule has 1 amide bonds. The lowest BCUT2D eigenvalue weighted by molar-refractivity contribution is -0.476. The second-order valence-corrected chi connectivity index (χ2v) is 6.75. The van der Waals surface area contributed by atoms with Crippen LogP contribution in [0.4, 0.5) is 92.2 Å². The first-order chi connectivity index (χ1) is 16.1. The van der Waals surface area contributed by atoms with Crippen LogP contribution in [0.3, 0.4) is 0 Å². The molecule has 0 bridgehead atoms. The zero-order valence-electron chi connectivity index (χ0n) is 16.4. The highest BCUT2D eigenvalue weighted by Crippen LogP contribution is 2.67. The summed E-state index contributed by atoms with van der Waals surface area (Å²) in [6.45, 7) is -2.24. The van der Waals surface area contributed by atoms with Crippen LogP contribution in [0.2, 0.25) is 0 Å². The normalized spacial score (nSPS) is 15.9. The van der Waals surface area contributed by atoms with Gasteiger partial charge in [0.2, 0.25) is 0 Å². The molecular weight excluding hydrogens is 617 g/mol. The number of carboxylic acids is 1. The molecule has 0 aromatic heterocycles. The van der Waals surface area contributed by atoms with Crippen LogP contribution in [0.5, 0.6) is 0 Å². The maximum Gasteiger partial charge on any atom is 0.438 e. The highest BCUT2D eigenvalue weighted by atomic mass is 19.4. The van der Waals surface area contributed by atoms with Crippen LogP contribution in [0, 0.1) is 0 Å². The third-order valence-electron chi connectivity index (χ3n) is 4.27. The minimum atomic E-state index is -9.41. The zero-order chi connectivity index (χ0) is 31.6. The van der Waals surface area contributed by atoms with Gasteiger partial charge in [-0.1, -0.05) is 0 Å². The van der Waals surface area contributed by atoms with Gasteiger partial charge >= 0.3 is 65.4 Å². The van der Waals surface area contributed by atoms with E-state index in [1.807, 2.05) is 0 Å². The molecule has 0 radical (unpaired) electrons. The minimum absolute atomic E-state index is 0.0965. The van der Waals surface area contributed by atoms with Crippen LogP contribution in [0.15, 0.2) is 0 Å². The van der Waals surface area contributed by atoms with Crippen molar-refractivity contribution in [1.29, 1.82) is 0 Å². The summed E-state index contributed by atoms with van der Waals surface area (Å²) in [5, 5.41) is 8.11. The molecule has 25 heteroatoms. The van der Waals surface area contributed by atoms with Crippen molar-refractivity contribution in [2.75, 3.05) is 6.54 Å². The van der Waals surface area contributed by atoms with Crippen molar-refractivity contribution in [3.05, 3.63) is 0 Å². The van der Waals surface area contributed by atoms with E-state index in [9.17, 15) is 102 Å². The zero-order valence-corrected chi connectivity index (χ0v) is 16.4. The Morgan fingerprint density at radius 2 is 0.737 bits per heavy atom. The van der Waals surface area contributed by atoms with Crippen molar-refractivity contribution < 1.29 is 107 Å². The van der Waals surface area contributed by atoms with Gasteiger partial charge in [0, 0.05) is 0 Å². The number of aliphatic carboxylic acids is 1. The van der Waals surface area contributed by atoms with Crippen LogP contribution in [-0.2, 0) is 9.59 Å². The predicted octanol–water partition coefficient (Wildman–Crippen LogP) is 5.47. The molecule has 0 spiro atoms. The van der Waals surface area contributed by atoms with Crippen molar-refractivity contribution in [3.63, 3.8) is 0 Å². The molecule has 0 saturated carbocycles. The second-order valence-electron chi connectivity index (χ2n) is 6.75. The van der Waals surface area contributed by atoms with E-state index in [1.54, 1.807) is 0 Å². The number of alkyl halides is 21. The molecule has 226 valence electrons. The highest BCUT2D eigenvalue weighted by molar-refractivity contribution is 5.87. The summed E-state index contributed by atoms with van der Waals surface area (Å²) < 4.78 is 276. The summed E-state index contributed by atoms with van der Waals surface area (Å²) >= 11 is 0. The second kappa shape index (κ2) is 9.01. The van der Waals surface area contributed by atoms with E-state index in [0.29, 0.717) is 0 Å². The average Bonchev–Trinajstić information content (AvgIpc) is 2.68. The first-order valence-corrected chi connectivity index (χ1v) is 8.06. The van der Waals surface area contributed by atoms with Crippen molar-refractivity contribution in [2.24, 2.45) is 0 Å². The monoisotopic (exact) mass is 621 g/mol. The fourth-order valence-electron chi connectivity index (χ4n) is 2.13. The summed E-state index contributed by atoms with van der Waals surface area (Å²) in [6.07, 6.45) is -17.0. The van der Waals surface area contributed by atoms with E-state index in [2.05, 4.69) is 0 Å². The van der Waals surface area contributed by atoms with Crippen LogP contribution >= 0.6 is 0 Å². The number of nitrogens with one attached hydrogen (secondary N) is 1. The number of rotatable bonds is 10. The van der Waals surface area contributed by atoms with Crippen molar-refractivity contribution in [1.82, 2.24) is 5.32 Å². The Labute approximate surface area is 191 Å². The average molecular weight is 621 g/mol. The van der Waals surface area contributed by atoms with E-state index in [0.717, 1.165) is 0 Å². The van der Waals surface area contributed by atoms with Gasteiger partial charge < -0.3 is 10.4 Å². The van der Waals surface area contributed by atoms with Crippen LogP contribution in [0.1, 0.15) is 0 Å². The molecule has 0 saturated heterocycles. The maximum absolute atomic E-state index is 13.6. The lowest BCUT2D eigenvalue weighted by Crippen LogP contribution is -2.78. The molecule has 0 aliphatic rings. The number of carbonyl (C=O) groups excluding carboxylic acids is 1. The lowest BCUT2D eigenvalue weighted by atomic mass is 9.83. The topological polar surface area (TPSA) is 66.4 Å². The standard InChI is InChI=1S/C13H4F21NO3/c14-4(15,3(38)35-1-2(36)37)6(17,18)8(21,22)10(25,26)11(27,28)9(23,24)7(19,20)5(16,12(29,30)31)13(32,33)34/h1H2,(H,35,38)(H,36,37). The molecular formula is C13H4F21NO3. The van der Waals surface area contributed by atoms with Gasteiger partial charge in [-0.3, -0.25) is 9.59 Å². The summed E-state index contributed by atoms with van der Waals surface area (Å²) in [5.74, 6) is -68.9. The Morgan fingerprint density at radius 3 is 1.00 bits per heavy atom. The van der Waals surface area contributed by atoms with Crippen molar-refractivity contribution in [2.45, 2.75) is 59.5 Å². The molecule has 0 rings (SSSR count). The van der Waals surface area contributed by atoms with E-state index in [4.69, 9.17) is 5.11 Å². The lowest BCUT2D eigenvalue weighted by Gasteiger charge is -2.45. The predicted molar refractivity (Wildman–Crippen MR) is 71.2 cm³/mol. The smallest absolute Gasteiger partial charge is 0.438 e. The van der Waals surface area contributed by atoms with Gasteiger partial charge in [0.25, 0.3) is 5.91 Å². The number of hydrogen-bond acceptors (Lipinski definition) is 2. The van der Waals surface area contributed by atoms with Gasteiger partial charge in [0.15, 0.2) is 0 Å². The quantitative estimate of drug-likeness (QED) is 0.319. The molecule has 0 unspecified atom stereocenters. The molecule has 4 nitrogen and oxygen atoms in total. The van der Waals surface area contributed by atoms with Crippen LogP contribution in [0.25, 0.3) is 0 Å². The number of carboxylic acid groups (broad SMARTS) is 1. The van der Waals surface area contributed by atoms with E-state index >= 15 is 0 Å². The minimum Gasteiger partial charge on any atom is -0.480 e. The Bertz CT molecular complexity index is 902. The van der Waals surface area contributed by atoms with Gasteiger partial charge in [-0.15, -0.1) is 0 Å². The largest absolute Gasteiger partial charge is 0.480 e. The molecule has 0 aromatic carbocycles. The highest BCUT2D eigenvalue weighted by Gasteiger charge is 2.99. The first kappa shape index (κ1) is 35.5. The van der Waals surface area contributed by atoms with Crippen molar-refractivity contribution in [3.8, 4) is 0 Å². The summed E-state index contributed by atoms with van der Waals surface area (Å²) in [4.78, 5) is 20.8. The fourth-order valence-corrected chi connectivity index (χ4v) is 2.13. The van der Waals surface area contributed by atoms with Gasteiger partial charge in [-0.05, 0) is 0 Å². The Kier molecular flexibility index (Phi) is 8.41. The molecule has 0 aliphatic heterocycles. The Hall–Kier alpha value is -2.53. The summed E-state index contributed by atoms with van der Waals surface area (Å²) in [5.41, 5.74) is -8.99. The number of amides is 1. The molecule has 0 heterocycles. The summed E-state index contributed by atoms with van der Waals surface area (Å²) in [7, 11) is 0. The first-order valence-electron chi connectivity index (χ1n) is 8.06. The van der Waals surface area contributed by atoms with E-state index < -0.39 is 77.9 Å². The van der Waals surface area contributed by atoms with E-state index in [-0.39, 0.29) is 5.32 Å². The van der Waals surface area contributed by atoms with Crippen LogP contribution in [-0.4, -0.2) is 83.0 Å². The number of carbonyl (C=O) groups is 2. The third kappa shape index (κ3) is 4.41. The molecule has 0 aromatic rings. The van der Waals surface area contributed by atoms with Gasteiger partial charge in [-0.25, -0.2) is 4.39 Å². The maximum atomic E-state index is 13.6. The van der Waals surface area contributed by atoms with Gasteiger partial charge in [0.05, 0.1) is 0 Å². The molecule has 0 aliphatic carbocycles. The molecule has 0 atom stereocenters. The third-order valence-corrected chi connectivity index (χ3v) is 4.27. The fraction of sp³-hybridized carbons (Fsp3) is 0.846.